The van der Waals surface area contributed by atoms with Crippen LogP contribution in [-0.4, -0.2) is 23.1 Å². The maximum absolute atomic E-state index is 12.1. The number of nitrogen functional groups attached to an aromatic ring is 1. The molecule has 1 atom stereocenters. The first-order valence-electron chi connectivity index (χ1n) is 6.80. The van der Waals surface area contributed by atoms with Gasteiger partial charge in [0.05, 0.1) is 5.56 Å². The number of carbonyl (C=O) groups is 2. The van der Waals surface area contributed by atoms with E-state index in [4.69, 9.17) is 15.0 Å². The van der Waals surface area contributed by atoms with Gasteiger partial charge in [-0.2, -0.15) is 0 Å². The second-order valence-corrected chi connectivity index (χ2v) is 4.74. The lowest BCUT2D eigenvalue weighted by Crippen LogP contribution is -2.32. The van der Waals surface area contributed by atoms with Crippen molar-refractivity contribution in [3.63, 3.8) is 0 Å². The minimum atomic E-state index is -0.925. The first kappa shape index (κ1) is 15.6. The fourth-order valence-electron chi connectivity index (χ4n) is 1.82. The van der Waals surface area contributed by atoms with Crippen LogP contribution in [0.5, 0.6) is 0 Å². The molecule has 0 aliphatic rings. The number of benzene rings is 1. The molecule has 0 spiro atoms. The second kappa shape index (κ2) is 6.75. The average Bonchev–Trinajstić information content (AvgIpc) is 2.89. The van der Waals surface area contributed by atoms with Gasteiger partial charge in [0.2, 0.25) is 0 Å². The van der Waals surface area contributed by atoms with Crippen LogP contribution in [0, 0.1) is 6.92 Å². The van der Waals surface area contributed by atoms with Crippen molar-refractivity contribution in [3.8, 4) is 0 Å². The highest BCUT2D eigenvalue weighted by molar-refractivity contribution is 5.97. The third-order valence-corrected chi connectivity index (χ3v) is 2.91. The maximum atomic E-state index is 12.1. The van der Waals surface area contributed by atoms with Crippen LogP contribution < -0.4 is 11.1 Å². The van der Waals surface area contributed by atoms with Crippen LogP contribution in [0.2, 0.25) is 0 Å². The highest BCUT2D eigenvalue weighted by Gasteiger charge is 2.23. The molecular formula is C15H17N3O4. The van der Waals surface area contributed by atoms with Crippen molar-refractivity contribution >= 4 is 23.4 Å². The van der Waals surface area contributed by atoms with Gasteiger partial charge in [0.1, 0.15) is 5.76 Å². The van der Waals surface area contributed by atoms with Crippen molar-refractivity contribution in [2.75, 3.05) is 11.1 Å². The van der Waals surface area contributed by atoms with Crippen molar-refractivity contribution in [1.29, 1.82) is 0 Å². The van der Waals surface area contributed by atoms with Crippen LogP contribution in [0.4, 0.5) is 11.5 Å². The number of anilines is 2. The zero-order valence-corrected chi connectivity index (χ0v) is 12.3. The number of esters is 1. The highest BCUT2D eigenvalue weighted by atomic mass is 16.5. The van der Waals surface area contributed by atoms with Crippen LogP contribution in [0.1, 0.15) is 29.5 Å². The summed E-state index contributed by atoms with van der Waals surface area (Å²) in [4.78, 5) is 24.1. The molecule has 0 saturated heterocycles. The van der Waals surface area contributed by atoms with Gasteiger partial charge >= 0.3 is 5.97 Å². The number of hydrogen-bond donors (Lipinski definition) is 2. The van der Waals surface area contributed by atoms with Crippen molar-refractivity contribution in [2.45, 2.75) is 26.4 Å². The lowest BCUT2D eigenvalue weighted by molar-refractivity contribution is -0.124. The molecule has 116 valence electrons. The monoisotopic (exact) mass is 303 g/mol. The molecule has 0 fully saturated rings. The van der Waals surface area contributed by atoms with E-state index in [0.717, 1.165) is 0 Å². The van der Waals surface area contributed by atoms with E-state index < -0.39 is 18.0 Å². The zero-order valence-electron chi connectivity index (χ0n) is 12.3. The lowest BCUT2D eigenvalue weighted by Gasteiger charge is -2.15. The van der Waals surface area contributed by atoms with E-state index >= 15 is 0 Å². The quantitative estimate of drug-likeness (QED) is 0.647. The molecule has 3 N–H and O–H groups in total. The van der Waals surface area contributed by atoms with Crippen LogP contribution in [0.15, 0.2) is 34.9 Å². The Balaban J connectivity index is 2.02. The number of nitrogens with one attached hydrogen (secondary N) is 1. The highest BCUT2D eigenvalue weighted by Crippen LogP contribution is 2.13. The summed E-state index contributed by atoms with van der Waals surface area (Å²) in [5.41, 5.74) is 6.36. The summed E-state index contributed by atoms with van der Waals surface area (Å²) in [7, 11) is 0. The summed E-state index contributed by atoms with van der Waals surface area (Å²) in [6.07, 6.45) is -0.595. The van der Waals surface area contributed by atoms with Crippen molar-refractivity contribution in [3.05, 3.63) is 41.7 Å². The molecule has 1 amide bonds. The first-order valence-corrected chi connectivity index (χ1v) is 6.80. The summed E-state index contributed by atoms with van der Waals surface area (Å²) in [6.45, 7) is 3.45. The Labute approximate surface area is 127 Å². The van der Waals surface area contributed by atoms with Crippen LogP contribution in [-0.2, 0) is 9.53 Å². The third kappa shape index (κ3) is 3.85. The SMILES string of the molecule is CCC(OC(=O)c1cccc(N)c1)C(=O)Nc1cc(C)on1. The van der Waals surface area contributed by atoms with E-state index in [-0.39, 0.29) is 5.82 Å². The standard InChI is InChI=1S/C15H17N3O4/c1-3-12(14(19)17-13-7-9(2)22-18-13)21-15(20)10-5-4-6-11(16)8-10/h4-8,12H,3,16H2,1-2H3,(H,17,18,19). The maximum Gasteiger partial charge on any atom is 0.338 e. The van der Waals surface area contributed by atoms with Gasteiger partial charge in [0.25, 0.3) is 5.91 Å². The number of carbonyl (C=O) groups excluding carboxylic acids is 2. The molecule has 1 aromatic heterocycles. The Bertz CT molecular complexity index is 681. The molecule has 2 aromatic rings. The summed E-state index contributed by atoms with van der Waals surface area (Å²) in [5.74, 6) is -0.222. The van der Waals surface area contributed by atoms with Crippen molar-refractivity contribution < 1.29 is 18.8 Å². The van der Waals surface area contributed by atoms with E-state index in [1.165, 1.54) is 6.07 Å². The Hall–Kier alpha value is -2.83. The van der Waals surface area contributed by atoms with Gasteiger partial charge in [-0.1, -0.05) is 18.1 Å². The van der Waals surface area contributed by atoms with Crippen LogP contribution in [0.25, 0.3) is 0 Å². The van der Waals surface area contributed by atoms with Gasteiger partial charge in [-0.25, -0.2) is 4.79 Å². The van der Waals surface area contributed by atoms with E-state index in [2.05, 4.69) is 10.5 Å². The fraction of sp³-hybridized carbons (Fsp3) is 0.267. The van der Waals surface area contributed by atoms with Gasteiger partial charge in [-0.3, -0.25) is 4.79 Å². The molecule has 7 heteroatoms. The Morgan fingerprint density at radius 2 is 2.18 bits per heavy atom. The molecule has 0 bridgehead atoms. The molecule has 7 nitrogen and oxygen atoms in total. The van der Waals surface area contributed by atoms with Crippen molar-refractivity contribution in [2.24, 2.45) is 0 Å². The minimum Gasteiger partial charge on any atom is -0.449 e. The molecular weight excluding hydrogens is 286 g/mol. The van der Waals surface area contributed by atoms with Crippen molar-refractivity contribution in [1.82, 2.24) is 5.16 Å². The molecule has 2 rings (SSSR count). The number of ether oxygens (including phenoxy) is 1. The smallest absolute Gasteiger partial charge is 0.338 e. The van der Waals surface area contributed by atoms with Gasteiger partial charge in [0, 0.05) is 11.8 Å². The largest absolute Gasteiger partial charge is 0.449 e. The van der Waals surface area contributed by atoms with Gasteiger partial charge in [-0.05, 0) is 31.5 Å². The molecule has 1 unspecified atom stereocenters. The minimum absolute atomic E-state index is 0.279. The van der Waals surface area contributed by atoms with Gasteiger partial charge < -0.3 is 20.3 Å². The van der Waals surface area contributed by atoms with E-state index in [0.29, 0.717) is 23.4 Å². The normalized spacial score (nSPS) is 11.7. The lowest BCUT2D eigenvalue weighted by atomic mass is 10.2. The van der Waals surface area contributed by atoms with Crippen LogP contribution >= 0.6 is 0 Å². The number of hydrogen-bond acceptors (Lipinski definition) is 6. The molecule has 0 saturated carbocycles. The summed E-state index contributed by atoms with van der Waals surface area (Å²) >= 11 is 0. The number of nitrogens with zero attached hydrogens (tertiary/aromatic N) is 1. The fourth-order valence-corrected chi connectivity index (χ4v) is 1.82. The number of aromatic nitrogens is 1. The Morgan fingerprint density at radius 3 is 2.77 bits per heavy atom. The zero-order chi connectivity index (χ0) is 16.1. The number of rotatable bonds is 5. The van der Waals surface area contributed by atoms with E-state index in [9.17, 15) is 9.59 Å². The average molecular weight is 303 g/mol. The summed E-state index contributed by atoms with van der Waals surface area (Å²) < 4.78 is 10.1. The molecule has 22 heavy (non-hydrogen) atoms. The van der Waals surface area contributed by atoms with Gasteiger partial charge in [0.15, 0.2) is 11.9 Å². The second-order valence-electron chi connectivity index (χ2n) is 4.74. The predicted octanol–water partition coefficient (Wildman–Crippen LogP) is 2.14. The Kier molecular flexibility index (Phi) is 4.77. The molecule has 0 aliphatic carbocycles. The van der Waals surface area contributed by atoms with Crippen LogP contribution in [0.3, 0.4) is 0 Å². The molecule has 1 heterocycles. The van der Waals surface area contributed by atoms with Gasteiger partial charge in [-0.15, -0.1) is 0 Å². The molecule has 1 aromatic carbocycles. The predicted molar refractivity (Wildman–Crippen MR) is 80.2 cm³/mol. The first-order chi connectivity index (χ1) is 10.5. The summed E-state index contributed by atoms with van der Waals surface area (Å²) in [6, 6.07) is 7.95. The molecule has 0 aliphatic heterocycles. The topological polar surface area (TPSA) is 107 Å². The third-order valence-electron chi connectivity index (χ3n) is 2.91. The van der Waals surface area contributed by atoms with E-state index in [1.807, 2.05) is 0 Å². The Morgan fingerprint density at radius 1 is 1.41 bits per heavy atom. The molecule has 0 radical (unpaired) electrons. The van der Waals surface area contributed by atoms with E-state index in [1.54, 1.807) is 38.1 Å². The number of amides is 1. The number of nitrogens with two attached hydrogens (primary N) is 1. The number of aryl methyl sites for hydroxylation is 1. The summed E-state index contributed by atoms with van der Waals surface area (Å²) in [5, 5.41) is 6.19.